The van der Waals surface area contributed by atoms with Gasteiger partial charge in [0, 0.05) is 6.54 Å². The highest BCUT2D eigenvalue weighted by molar-refractivity contribution is 9.10. The van der Waals surface area contributed by atoms with Crippen molar-refractivity contribution >= 4 is 21.6 Å². The second-order valence-electron chi connectivity index (χ2n) is 4.40. The molecule has 6 nitrogen and oxygen atoms in total. The molecule has 1 aromatic carbocycles. The van der Waals surface area contributed by atoms with Crippen molar-refractivity contribution in [3.8, 4) is 11.6 Å². The van der Waals surface area contributed by atoms with E-state index in [-0.39, 0.29) is 21.7 Å². The topological polar surface area (TPSA) is 70.2 Å². The molecule has 0 aliphatic carbocycles. The summed E-state index contributed by atoms with van der Waals surface area (Å²) in [6, 6.07) is 4.04. The van der Waals surface area contributed by atoms with Crippen LogP contribution in [0.25, 0.3) is 0 Å². The summed E-state index contributed by atoms with van der Waals surface area (Å²) < 4.78 is 20.5. The van der Waals surface area contributed by atoms with Crippen molar-refractivity contribution < 1.29 is 14.1 Å². The highest BCUT2D eigenvalue weighted by atomic mass is 79.9. The molecule has 0 unspecified atom stereocenters. The molecule has 1 heterocycles. The Balaban J connectivity index is 2.45. The van der Waals surface area contributed by atoms with E-state index in [4.69, 9.17) is 4.74 Å². The Bertz CT molecular complexity index is 688. The third kappa shape index (κ3) is 3.21. The van der Waals surface area contributed by atoms with Crippen LogP contribution >= 0.6 is 15.9 Å². The van der Waals surface area contributed by atoms with Gasteiger partial charge in [-0.25, -0.2) is 9.07 Å². The maximum Gasteiger partial charge on any atom is 0.353 e. The lowest BCUT2D eigenvalue weighted by molar-refractivity contribution is -0.386. The van der Waals surface area contributed by atoms with Crippen LogP contribution in [0.1, 0.15) is 19.0 Å². The molecule has 0 N–H and O–H groups in total. The van der Waals surface area contributed by atoms with Crippen molar-refractivity contribution in [2.75, 3.05) is 0 Å². The minimum atomic E-state index is -0.525. The molecule has 0 atom stereocenters. The minimum absolute atomic E-state index is 0.0536. The summed E-state index contributed by atoms with van der Waals surface area (Å²) in [4.78, 5) is 10.6. The Morgan fingerprint density at radius 1 is 1.52 bits per heavy atom. The number of hydrogen-bond donors (Lipinski definition) is 0. The summed E-state index contributed by atoms with van der Waals surface area (Å²) in [5.41, 5.74) is 0.105. The Hall–Kier alpha value is -1.96. The third-order valence-electron chi connectivity index (χ3n) is 2.77. The molecular formula is C13H13BrFN3O3. The van der Waals surface area contributed by atoms with Gasteiger partial charge in [-0.3, -0.25) is 10.1 Å². The van der Waals surface area contributed by atoms with Crippen molar-refractivity contribution in [1.29, 1.82) is 0 Å². The lowest BCUT2D eigenvalue weighted by Crippen LogP contribution is -2.02. The molecule has 112 valence electrons. The maximum atomic E-state index is 13.2. The number of aryl methyl sites for hydroxylation is 2. The summed E-state index contributed by atoms with van der Waals surface area (Å²) in [6.07, 6.45) is 0.752. The van der Waals surface area contributed by atoms with E-state index in [0.29, 0.717) is 12.3 Å². The van der Waals surface area contributed by atoms with Crippen molar-refractivity contribution in [3.63, 3.8) is 0 Å². The van der Waals surface area contributed by atoms with E-state index in [9.17, 15) is 14.5 Å². The van der Waals surface area contributed by atoms with Crippen LogP contribution < -0.4 is 4.74 Å². The summed E-state index contributed by atoms with van der Waals surface area (Å²) in [6.45, 7) is 3.98. The predicted molar refractivity (Wildman–Crippen MR) is 78.1 cm³/mol. The van der Waals surface area contributed by atoms with E-state index in [2.05, 4.69) is 21.0 Å². The second-order valence-corrected chi connectivity index (χ2v) is 5.25. The molecule has 2 rings (SSSR count). The van der Waals surface area contributed by atoms with Crippen LogP contribution in [-0.2, 0) is 6.54 Å². The number of aromatic nitrogens is 2. The number of nitrogens with zero attached hydrogens (tertiary/aromatic N) is 3. The zero-order valence-electron chi connectivity index (χ0n) is 11.5. The Labute approximate surface area is 128 Å². The first-order chi connectivity index (χ1) is 9.93. The fourth-order valence-corrected chi connectivity index (χ4v) is 2.24. The quantitative estimate of drug-likeness (QED) is 0.593. The standard InChI is InChI=1S/C13H13BrFN3O3/c1-3-6-17-13(12(18(19)20)8(2)16-17)21-9-4-5-11(15)10(14)7-9/h4-5,7H,3,6H2,1-2H3. The highest BCUT2D eigenvalue weighted by Gasteiger charge is 2.27. The molecule has 2 aromatic rings. The molecule has 0 aliphatic rings. The Morgan fingerprint density at radius 2 is 2.24 bits per heavy atom. The first-order valence-corrected chi connectivity index (χ1v) is 7.08. The normalized spacial score (nSPS) is 10.7. The van der Waals surface area contributed by atoms with Gasteiger partial charge in [0.25, 0.3) is 5.88 Å². The van der Waals surface area contributed by atoms with Gasteiger partial charge >= 0.3 is 5.69 Å². The van der Waals surface area contributed by atoms with Gasteiger partial charge in [-0.1, -0.05) is 6.92 Å². The molecular weight excluding hydrogens is 345 g/mol. The SMILES string of the molecule is CCCn1nc(C)c([N+](=O)[O-])c1Oc1ccc(F)c(Br)c1. The zero-order chi connectivity index (χ0) is 15.6. The molecule has 1 aromatic heterocycles. The summed E-state index contributed by atoms with van der Waals surface area (Å²) >= 11 is 3.05. The van der Waals surface area contributed by atoms with Crippen LogP contribution in [0.5, 0.6) is 11.6 Å². The van der Waals surface area contributed by atoms with E-state index in [1.165, 1.54) is 22.9 Å². The first kappa shape index (κ1) is 15.4. The van der Waals surface area contributed by atoms with Gasteiger partial charge in [0.15, 0.2) is 0 Å². The van der Waals surface area contributed by atoms with E-state index in [1.807, 2.05) is 6.92 Å². The molecule has 0 fully saturated rings. The summed E-state index contributed by atoms with van der Waals surface area (Å²) in [5, 5.41) is 15.3. The lowest BCUT2D eigenvalue weighted by atomic mass is 10.3. The monoisotopic (exact) mass is 357 g/mol. The van der Waals surface area contributed by atoms with Gasteiger partial charge in [-0.05, 0) is 47.5 Å². The van der Waals surface area contributed by atoms with Gasteiger partial charge in [0.2, 0.25) is 0 Å². The molecule has 0 radical (unpaired) electrons. The number of ether oxygens (including phenoxy) is 1. The van der Waals surface area contributed by atoms with Gasteiger partial charge in [-0.2, -0.15) is 5.10 Å². The number of benzene rings is 1. The third-order valence-corrected chi connectivity index (χ3v) is 3.38. The summed E-state index contributed by atoms with van der Waals surface area (Å²) in [5.74, 6) is -0.0865. The molecule has 0 spiro atoms. The average molecular weight is 358 g/mol. The van der Waals surface area contributed by atoms with E-state index in [0.717, 1.165) is 6.42 Å². The van der Waals surface area contributed by atoms with Crippen LogP contribution in [0.2, 0.25) is 0 Å². The van der Waals surface area contributed by atoms with Crippen LogP contribution in [-0.4, -0.2) is 14.7 Å². The highest BCUT2D eigenvalue weighted by Crippen LogP contribution is 2.35. The number of nitro groups is 1. The van der Waals surface area contributed by atoms with Crippen molar-refractivity contribution in [1.82, 2.24) is 9.78 Å². The lowest BCUT2D eigenvalue weighted by Gasteiger charge is -2.08. The Morgan fingerprint density at radius 3 is 2.81 bits per heavy atom. The number of hydrogen-bond acceptors (Lipinski definition) is 4. The van der Waals surface area contributed by atoms with E-state index < -0.39 is 10.7 Å². The van der Waals surface area contributed by atoms with Gasteiger partial charge in [0.05, 0.1) is 9.40 Å². The van der Waals surface area contributed by atoms with Crippen molar-refractivity contribution in [2.45, 2.75) is 26.8 Å². The van der Waals surface area contributed by atoms with Gasteiger partial charge < -0.3 is 4.74 Å². The Kier molecular flexibility index (Phi) is 4.56. The number of halogens is 2. The predicted octanol–water partition coefficient (Wildman–Crippen LogP) is 4.20. The van der Waals surface area contributed by atoms with Crippen molar-refractivity contribution in [2.24, 2.45) is 0 Å². The van der Waals surface area contributed by atoms with Crippen LogP contribution in [0, 0.1) is 22.9 Å². The van der Waals surface area contributed by atoms with E-state index in [1.54, 1.807) is 6.92 Å². The van der Waals surface area contributed by atoms with Gasteiger partial charge in [0.1, 0.15) is 17.3 Å². The van der Waals surface area contributed by atoms with Crippen molar-refractivity contribution in [3.05, 3.63) is 44.3 Å². The van der Waals surface area contributed by atoms with Gasteiger partial charge in [-0.15, -0.1) is 0 Å². The first-order valence-electron chi connectivity index (χ1n) is 6.28. The van der Waals surface area contributed by atoms with Crippen LogP contribution in [0.15, 0.2) is 22.7 Å². The molecule has 21 heavy (non-hydrogen) atoms. The maximum absolute atomic E-state index is 13.2. The van der Waals surface area contributed by atoms with Crippen LogP contribution in [0.4, 0.5) is 10.1 Å². The average Bonchev–Trinajstić information content (AvgIpc) is 2.70. The number of rotatable bonds is 5. The van der Waals surface area contributed by atoms with E-state index >= 15 is 0 Å². The molecule has 0 bridgehead atoms. The fourth-order valence-electron chi connectivity index (χ4n) is 1.88. The smallest absolute Gasteiger partial charge is 0.353 e. The molecule has 8 heteroatoms. The molecule has 0 aliphatic heterocycles. The molecule has 0 saturated heterocycles. The fraction of sp³-hybridized carbons (Fsp3) is 0.308. The molecule has 0 saturated carbocycles. The second kappa shape index (κ2) is 6.21. The van der Waals surface area contributed by atoms with Crippen LogP contribution in [0.3, 0.4) is 0 Å². The summed E-state index contributed by atoms with van der Waals surface area (Å²) in [7, 11) is 0. The zero-order valence-corrected chi connectivity index (χ0v) is 13.1. The minimum Gasteiger partial charge on any atom is -0.434 e. The largest absolute Gasteiger partial charge is 0.434 e. The molecule has 0 amide bonds.